The van der Waals surface area contributed by atoms with Gasteiger partial charge in [-0.1, -0.05) is 24.3 Å². The average Bonchev–Trinajstić information content (AvgIpc) is 3.04. The minimum Gasteiger partial charge on any atom is -0.393 e. The number of carbonyl (C=O) groups excluding carboxylic acids is 1. The SMILES string of the molecule is Cc1ccccc1[C@@H]1CCCN1C(=O)c1ccc(N)c([N+](=O)[O-])c1. The van der Waals surface area contributed by atoms with Crippen molar-refractivity contribution in [1.29, 1.82) is 0 Å². The van der Waals surface area contributed by atoms with Crippen LogP contribution in [0.5, 0.6) is 0 Å². The standard InChI is InChI=1S/C18H19N3O3/c1-12-5-2-3-6-14(12)16-7-4-10-20(16)18(22)13-8-9-15(19)17(11-13)21(23)24/h2-3,5-6,8-9,11,16H,4,7,10,19H2,1H3/t16-/m0/s1. The van der Waals surface area contributed by atoms with E-state index in [4.69, 9.17) is 5.73 Å². The highest BCUT2D eigenvalue weighted by Crippen LogP contribution is 2.35. The number of anilines is 1. The Morgan fingerprint density at radius 3 is 2.75 bits per heavy atom. The first-order chi connectivity index (χ1) is 11.5. The Morgan fingerprint density at radius 2 is 2.04 bits per heavy atom. The molecule has 0 spiro atoms. The van der Waals surface area contributed by atoms with E-state index in [2.05, 4.69) is 0 Å². The molecule has 1 fully saturated rings. The molecule has 1 saturated heterocycles. The van der Waals surface area contributed by atoms with E-state index in [1.54, 1.807) is 11.0 Å². The predicted octanol–water partition coefficient (Wildman–Crippen LogP) is 3.46. The number of nitrogens with zero attached hydrogens (tertiary/aromatic N) is 2. The molecule has 1 atom stereocenters. The van der Waals surface area contributed by atoms with Crippen molar-refractivity contribution in [2.24, 2.45) is 0 Å². The molecule has 2 N–H and O–H groups in total. The highest BCUT2D eigenvalue weighted by atomic mass is 16.6. The van der Waals surface area contributed by atoms with Gasteiger partial charge in [0.05, 0.1) is 11.0 Å². The summed E-state index contributed by atoms with van der Waals surface area (Å²) in [4.78, 5) is 25.2. The maximum atomic E-state index is 12.9. The first-order valence-electron chi connectivity index (χ1n) is 7.89. The van der Waals surface area contributed by atoms with Gasteiger partial charge in [-0.3, -0.25) is 14.9 Å². The molecule has 0 aliphatic carbocycles. The molecule has 1 amide bonds. The van der Waals surface area contributed by atoms with Gasteiger partial charge in [-0.05, 0) is 43.0 Å². The Hall–Kier alpha value is -2.89. The minimum absolute atomic E-state index is 0.00955. The molecule has 0 unspecified atom stereocenters. The van der Waals surface area contributed by atoms with E-state index in [1.807, 2.05) is 31.2 Å². The summed E-state index contributed by atoms with van der Waals surface area (Å²) in [6.45, 7) is 2.68. The van der Waals surface area contributed by atoms with E-state index in [1.165, 1.54) is 12.1 Å². The monoisotopic (exact) mass is 325 g/mol. The van der Waals surface area contributed by atoms with Crippen molar-refractivity contribution < 1.29 is 9.72 Å². The van der Waals surface area contributed by atoms with Crippen LogP contribution in [0, 0.1) is 17.0 Å². The number of likely N-dealkylation sites (tertiary alicyclic amines) is 1. The summed E-state index contributed by atoms with van der Waals surface area (Å²) in [7, 11) is 0. The number of carbonyl (C=O) groups is 1. The molecule has 1 heterocycles. The molecular weight excluding hydrogens is 306 g/mol. The third kappa shape index (κ3) is 2.82. The summed E-state index contributed by atoms with van der Waals surface area (Å²) < 4.78 is 0. The summed E-state index contributed by atoms with van der Waals surface area (Å²) in [6.07, 6.45) is 1.81. The lowest BCUT2D eigenvalue weighted by molar-refractivity contribution is -0.383. The van der Waals surface area contributed by atoms with Crippen LogP contribution in [0.1, 0.15) is 40.4 Å². The first kappa shape index (κ1) is 16.0. The first-order valence-corrected chi connectivity index (χ1v) is 7.89. The van der Waals surface area contributed by atoms with Crippen LogP contribution in [-0.2, 0) is 0 Å². The second-order valence-electron chi connectivity index (χ2n) is 6.04. The van der Waals surface area contributed by atoms with Crippen molar-refractivity contribution >= 4 is 17.3 Å². The van der Waals surface area contributed by atoms with E-state index >= 15 is 0 Å². The second-order valence-corrected chi connectivity index (χ2v) is 6.04. The Balaban J connectivity index is 1.93. The molecule has 6 heteroatoms. The maximum Gasteiger partial charge on any atom is 0.292 e. The number of nitrogen functional groups attached to an aromatic ring is 1. The fourth-order valence-electron chi connectivity index (χ4n) is 3.29. The summed E-state index contributed by atoms with van der Waals surface area (Å²) in [5.41, 5.74) is 8.03. The van der Waals surface area contributed by atoms with Crippen molar-refractivity contribution in [3.8, 4) is 0 Å². The topological polar surface area (TPSA) is 89.5 Å². The van der Waals surface area contributed by atoms with Gasteiger partial charge in [0.15, 0.2) is 0 Å². The molecule has 0 saturated carbocycles. The highest BCUT2D eigenvalue weighted by Gasteiger charge is 2.32. The van der Waals surface area contributed by atoms with Gasteiger partial charge in [0.1, 0.15) is 5.69 Å². The Kier molecular flexibility index (Phi) is 4.20. The largest absolute Gasteiger partial charge is 0.393 e. The van der Waals surface area contributed by atoms with E-state index in [0.29, 0.717) is 12.1 Å². The Bertz CT molecular complexity index is 804. The predicted molar refractivity (Wildman–Crippen MR) is 91.7 cm³/mol. The lowest BCUT2D eigenvalue weighted by Gasteiger charge is -2.26. The number of aryl methyl sites for hydroxylation is 1. The van der Waals surface area contributed by atoms with Gasteiger partial charge in [-0.2, -0.15) is 0 Å². The third-order valence-corrected chi connectivity index (χ3v) is 4.54. The van der Waals surface area contributed by atoms with Gasteiger partial charge in [-0.15, -0.1) is 0 Å². The van der Waals surface area contributed by atoms with Crippen LogP contribution in [0.4, 0.5) is 11.4 Å². The fraction of sp³-hybridized carbons (Fsp3) is 0.278. The molecule has 24 heavy (non-hydrogen) atoms. The molecule has 2 aromatic carbocycles. The quantitative estimate of drug-likeness (QED) is 0.531. The third-order valence-electron chi connectivity index (χ3n) is 4.54. The molecular formula is C18H19N3O3. The number of hydrogen-bond acceptors (Lipinski definition) is 4. The van der Waals surface area contributed by atoms with Crippen LogP contribution in [0.3, 0.4) is 0 Å². The van der Waals surface area contributed by atoms with Gasteiger partial charge in [-0.25, -0.2) is 0 Å². The summed E-state index contributed by atoms with van der Waals surface area (Å²) in [5.74, 6) is -0.191. The zero-order valence-corrected chi connectivity index (χ0v) is 13.4. The number of rotatable bonds is 3. The highest BCUT2D eigenvalue weighted by molar-refractivity contribution is 5.96. The van der Waals surface area contributed by atoms with Crippen molar-refractivity contribution in [2.75, 3.05) is 12.3 Å². The summed E-state index contributed by atoms with van der Waals surface area (Å²) >= 11 is 0. The Morgan fingerprint density at radius 1 is 1.29 bits per heavy atom. The summed E-state index contributed by atoms with van der Waals surface area (Å²) in [5, 5.41) is 11.0. The number of hydrogen-bond donors (Lipinski definition) is 1. The molecule has 124 valence electrons. The van der Waals surface area contributed by atoms with Crippen molar-refractivity contribution in [3.63, 3.8) is 0 Å². The molecule has 0 aromatic heterocycles. The smallest absolute Gasteiger partial charge is 0.292 e. The van der Waals surface area contributed by atoms with E-state index in [0.717, 1.165) is 24.0 Å². The van der Waals surface area contributed by atoms with E-state index in [-0.39, 0.29) is 23.3 Å². The molecule has 0 radical (unpaired) electrons. The van der Waals surface area contributed by atoms with Gasteiger partial charge in [0.2, 0.25) is 0 Å². The van der Waals surface area contributed by atoms with Crippen LogP contribution in [0.15, 0.2) is 42.5 Å². The number of nitro groups is 1. The second kappa shape index (κ2) is 6.31. The van der Waals surface area contributed by atoms with Crippen LogP contribution in [-0.4, -0.2) is 22.3 Å². The Labute approximate surface area is 140 Å². The molecule has 1 aliphatic heterocycles. The molecule has 2 aromatic rings. The minimum atomic E-state index is -0.561. The van der Waals surface area contributed by atoms with Gasteiger partial charge < -0.3 is 10.6 Å². The van der Waals surface area contributed by atoms with Crippen LogP contribution >= 0.6 is 0 Å². The number of nitrogens with two attached hydrogens (primary N) is 1. The van der Waals surface area contributed by atoms with E-state index in [9.17, 15) is 14.9 Å². The van der Waals surface area contributed by atoms with Crippen LogP contribution < -0.4 is 5.73 Å². The van der Waals surface area contributed by atoms with Crippen molar-refractivity contribution in [2.45, 2.75) is 25.8 Å². The zero-order valence-electron chi connectivity index (χ0n) is 13.4. The van der Waals surface area contributed by atoms with E-state index < -0.39 is 4.92 Å². The van der Waals surface area contributed by atoms with Crippen molar-refractivity contribution in [1.82, 2.24) is 4.90 Å². The number of amides is 1. The average molecular weight is 325 g/mol. The lowest BCUT2D eigenvalue weighted by Crippen LogP contribution is -2.31. The zero-order chi connectivity index (χ0) is 17.3. The van der Waals surface area contributed by atoms with Crippen molar-refractivity contribution in [3.05, 3.63) is 69.3 Å². The van der Waals surface area contributed by atoms with Gasteiger partial charge in [0, 0.05) is 18.2 Å². The van der Waals surface area contributed by atoms with Crippen LogP contribution in [0.25, 0.3) is 0 Å². The molecule has 3 rings (SSSR count). The molecule has 1 aliphatic rings. The molecule has 0 bridgehead atoms. The van der Waals surface area contributed by atoms with Crippen LogP contribution in [0.2, 0.25) is 0 Å². The van der Waals surface area contributed by atoms with Gasteiger partial charge >= 0.3 is 0 Å². The maximum absolute atomic E-state index is 12.9. The summed E-state index contributed by atoms with van der Waals surface area (Å²) in [6, 6.07) is 12.3. The van der Waals surface area contributed by atoms with Gasteiger partial charge in [0.25, 0.3) is 11.6 Å². The fourth-order valence-corrected chi connectivity index (χ4v) is 3.29. The molecule has 6 nitrogen and oxygen atoms in total. The lowest BCUT2D eigenvalue weighted by atomic mass is 9.99. The normalized spacial score (nSPS) is 17.0. The number of nitro benzene ring substituents is 1. The number of benzene rings is 2.